The zero-order valence-electron chi connectivity index (χ0n) is 21.5. The predicted octanol–water partition coefficient (Wildman–Crippen LogP) is 7.52. The molecule has 1 heterocycles. The number of hydrogen-bond acceptors (Lipinski definition) is 4. The van der Waals surface area contributed by atoms with Crippen molar-refractivity contribution < 1.29 is 19.4 Å². The van der Waals surface area contributed by atoms with E-state index in [4.69, 9.17) is 32.7 Å². The molecule has 0 spiro atoms. The molecule has 1 saturated heterocycles. The van der Waals surface area contributed by atoms with Crippen LogP contribution in [0.1, 0.15) is 83.4 Å². The van der Waals surface area contributed by atoms with Crippen LogP contribution in [0, 0.1) is 5.41 Å². The fraction of sp³-hybridized carbons (Fsp3) is 0.552. The molecule has 1 aliphatic heterocycles. The number of ether oxygens (including phenoxy) is 2. The molecule has 2 aromatic carbocycles. The van der Waals surface area contributed by atoms with E-state index in [-0.39, 0.29) is 29.0 Å². The number of aliphatic hydroxyl groups excluding tert-OH is 1. The van der Waals surface area contributed by atoms with Gasteiger partial charge in [0.15, 0.2) is 0 Å². The van der Waals surface area contributed by atoms with Gasteiger partial charge in [0, 0.05) is 16.9 Å². The molecule has 4 nitrogen and oxygen atoms in total. The summed E-state index contributed by atoms with van der Waals surface area (Å²) < 4.78 is 11.1. The summed E-state index contributed by atoms with van der Waals surface area (Å²) in [6.45, 7) is 10.8. The smallest absolute Gasteiger partial charge is 0.306 e. The highest BCUT2D eigenvalue weighted by atomic mass is 35.5. The van der Waals surface area contributed by atoms with Gasteiger partial charge >= 0.3 is 5.97 Å². The van der Waals surface area contributed by atoms with Crippen molar-refractivity contribution in [2.45, 2.75) is 90.8 Å². The number of aliphatic hydroxyl groups is 1. The third kappa shape index (κ3) is 6.53. The zero-order chi connectivity index (χ0) is 25.8. The van der Waals surface area contributed by atoms with E-state index < -0.39 is 0 Å². The SMILES string of the molecule is CCC(CC)(c1ccc(CC[C@H](O)C(C)(C)C)c(Cl)c1)c1ccc(OCC2CCC(=O)O2)c(Cl)c1. The number of esters is 1. The molecule has 0 aromatic heterocycles. The summed E-state index contributed by atoms with van der Waals surface area (Å²) in [5.74, 6) is 0.413. The van der Waals surface area contributed by atoms with Crippen LogP contribution in [0.3, 0.4) is 0 Å². The molecule has 0 radical (unpaired) electrons. The van der Waals surface area contributed by atoms with E-state index in [1.54, 1.807) is 0 Å². The van der Waals surface area contributed by atoms with Crippen molar-refractivity contribution in [3.05, 3.63) is 63.1 Å². The average molecular weight is 522 g/mol. The molecule has 2 aromatic rings. The number of hydrogen-bond donors (Lipinski definition) is 1. The predicted molar refractivity (Wildman–Crippen MR) is 143 cm³/mol. The number of carbonyl (C=O) groups is 1. The number of carbonyl (C=O) groups excluding carboxylic acids is 1. The molecular weight excluding hydrogens is 483 g/mol. The minimum atomic E-state index is -0.382. The van der Waals surface area contributed by atoms with Crippen molar-refractivity contribution in [2.24, 2.45) is 5.41 Å². The third-order valence-corrected chi connectivity index (χ3v) is 8.02. The van der Waals surface area contributed by atoms with E-state index in [2.05, 4.69) is 38.1 Å². The second-order valence-electron chi connectivity index (χ2n) is 10.6. The molecule has 1 unspecified atom stereocenters. The van der Waals surface area contributed by atoms with E-state index in [1.807, 2.05) is 32.9 Å². The maximum absolute atomic E-state index is 11.3. The highest BCUT2D eigenvalue weighted by Crippen LogP contribution is 2.42. The zero-order valence-corrected chi connectivity index (χ0v) is 23.0. The second kappa shape index (κ2) is 11.5. The van der Waals surface area contributed by atoms with E-state index in [0.29, 0.717) is 36.6 Å². The maximum Gasteiger partial charge on any atom is 0.306 e. The minimum absolute atomic E-state index is 0.150. The summed E-state index contributed by atoms with van der Waals surface area (Å²) in [6.07, 6.45) is 3.70. The van der Waals surface area contributed by atoms with E-state index in [0.717, 1.165) is 41.0 Å². The summed E-state index contributed by atoms with van der Waals surface area (Å²) in [7, 11) is 0. The standard InChI is InChI=1S/C29H38Cl2O4/c1-6-29(7-2,20-10-8-19(23(30)16-20)9-14-26(32)28(3,4)5)21-11-13-25(24(31)17-21)34-18-22-12-15-27(33)35-22/h8,10-11,13,16-17,22,26,32H,6-7,9,12,14-15,18H2,1-5H3/t22?,26-/m0/s1. The highest BCUT2D eigenvalue weighted by molar-refractivity contribution is 6.32. The van der Waals surface area contributed by atoms with E-state index in [9.17, 15) is 9.90 Å². The summed E-state index contributed by atoms with van der Waals surface area (Å²) in [5, 5.41) is 11.7. The van der Waals surface area contributed by atoms with Crippen LogP contribution in [0.15, 0.2) is 36.4 Å². The lowest BCUT2D eigenvalue weighted by molar-refractivity contribution is -0.142. The van der Waals surface area contributed by atoms with Crippen molar-refractivity contribution in [3.63, 3.8) is 0 Å². The Morgan fingerprint density at radius 2 is 1.69 bits per heavy atom. The maximum atomic E-state index is 11.3. The topological polar surface area (TPSA) is 55.8 Å². The van der Waals surface area contributed by atoms with Gasteiger partial charge in [-0.15, -0.1) is 0 Å². The van der Waals surface area contributed by atoms with Gasteiger partial charge in [0.05, 0.1) is 11.1 Å². The highest BCUT2D eigenvalue weighted by Gasteiger charge is 2.32. The molecule has 0 bridgehead atoms. The van der Waals surface area contributed by atoms with Crippen molar-refractivity contribution in [1.29, 1.82) is 0 Å². The Morgan fingerprint density at radius 3 is 2.20 bits per heavy atom. The first-order chi connectivity index (χ1) is 16.5. The number of aryl methyl sites for hydroxylation is 1. The molecule has 6 heteroatoms. The Kier molecular flexibility index (Phi) is 9.17. The Morgan fingerprint density at radius 1 is 1.06 bits per heavy atom. The monoisotopic (exact) mass is 520 g/mol. The first kappa shape index (κ1) is 27.8. The molecule has 35 heavy (non-hydrogen) atoms. The molecule has 2 atom stereocenters. The van der Waals surface area contributed by atoms with Gasteiger partial charge in [0.1, 0.15) is 18.5 Å². The Bertz CT molecular complexity index is 1020. The van der Waals surface area contributed by atoms with Gasteiger partial charge in [-0.05, 0) is 72.4 Å². The van der Waals surface area contributed by atoms with Gasteiger partial charge in [-0.1, -0.05) is 76.0 Å². The van der Waals surface area contributed by atoms with E-state index in [1.165, 1.54) is 0 Å². The first-order valence-corrected chi connectivity index (χ1v) is 13.3. The molecule has 0 saturated carbocycles. The normalized spacial score (nSPS) is 17.4. The molecule has 1 N–H and O–H groups in total. The number of rotatable bonds is 10. The van der Waals surface area contributed by atoms with Crippen LogP contribution in [0.5, 0.6) is 5.75 Å². The van der Waals surface area contributed by atoms with Crippen molar-refractivity contribution in [2.75, 3.05) is 6.61 Å². The molecule has 0 aliphatic carbocycles. The number of halogens is 2. The average Bonchev–Trinajstić information content (AvgIpc) is 3.23. The lowest BCUT2D eigenvalue weighted by atomic mass is 9.70. The summed E-state index contributed by atoms with van der Waals surface area (Å²) in [5.41, 5.74) is 2.92. The molecule has 0 amide bonds. The number of cyclic esters (lactones) is 1. The van der Waals surface area contributed by atoms with Gasteiger partial charge in [0.25, 0.3) is 0 Å². The molecule has 3 rings (SSSR count). The third-order valence-electron chi connectivity index (χ3n) is 7.38. The van der Waals surface area contributed by atoms with E-state index >= 15 is 0 Å². The molecule has 192 valence electrons. The van der Waals surface area contributed by atoms with Crippen LogP contribution in [0.25, 0.3) is 0 Å². The van der Waals surface area contributed by atoms with Gasteiger partial charge in [0.2, 0.25) is 0 Å². The van der Waals surface area contributed by atoms with Crippen molar-refractivity contribution in [3.8, 4) is 5.75 Å². The van der Waals surface area contributed by atoms with Gasteiger partial charge in [-0.25, -0.2) is 0 Å². The molecule has 1 aliphatic rings. The van der Waals surface area contributed by atoms with Crippen LogP contribution < -0.4 is 4.74 Å². The Balaban J connectivity index is 1.80. The largest absolute Gasteiger partial charge is 0.488 e. The van der Waals surface area contributed by atoms with Crippen LogP contribution >= 0.6 is 23.2 Å². The first-order valence-electron chi connectivity index (χ1n) is 12.6. The van der Waals surface area contributed by atoms with Gasteiger partial charge in [-0.2, -0.15) is 0 Å². The quantitative estimate of drug-likeness (QED) is 0.329. The van der Waals surface area contributed by atoms with Gasteiger partial charge < -0.3 is 14.6 Å². The Hall–Kier alpha value is -1.75. The molecule has 1 fully saturated rings. The van der Waals surface area contributed by atoms with Crippen LogP contribution in [-0.4, -0.2) is 29.9 Å². The summed E-state index contributed by atoms with van der Waals surface area (Å²) in [6, 6.07) is 12.3. The molecular formula is C29H38Cl2O4. The van der Waals surface area contributed by atoms with Crippen LogP contribution in [0.2, 0.25) is 10.0 Å². The second-order valence-corrected chi connectivity index (χ2v) is 11.4. The van der Waals surface area contributed by atoms with Crippen LogP contribution in [0.4, 0.5) is 0 Å². The van der Waals surface area contributed by atoms with Crippen molar-refractivity contribution >= 4 is 29.2 Å². The lowest BCUT2D eigenvalue weighted by Gasteiger charge is -2.34. The fourth-order valence-electron chi connectivity index (χ4n) is 4.80. The van der Waals surface area contributed by atoms with Gasteiger partial charge in [-0.3, -0.25) is 4.79 Å². The Labute approximate surface area is 219 Å². The number of benzene rings is 2. The summed E-state index contributed by atoms with van der Waals surface area (Å²) >= 11 is 13.4. The fourth-order valence-corrected chi connectivity index (χ4v) is 5.31. The van der Waals surface area contributed by atoms with Crippen molar-refractivity contribution in [1.82, 2.24) is 0 Å². The minimum Gasteiger partial charge on any atom is -0.488 e. The summed E-state index contributed by atoms with van der Waals surface area (Å²) in [4.78, 5) is 11.3. The lowest BCUT2D eigenvalue weighted by Crippen LogP contribution is -2.27. The van der Waals surface area contributed by atoms with Crippen LogP contribution in [-0.2, 0) is 21.4 Å².